The van der Waals surface area contributed by atoms with Gasteiger partial charge in [0.1, 0.15) is 23.6 Å². The maximum absolute atomic E-state index is 13.0. The highest BCUT2D eigenvalue weighted by atomic mass is 16.5. The van der Waals surface area contributed by atoms with Gasteiger partial charge in [0.2, 0.25) is 0 Å². The number of ketones is 1. The molecule has 0 amide bonds. The lowest BCUT2D eigenvalue weighted by Crippen LogP contribution is -2.30. The minimum absolute atomic E-state index is 0.0330. The highest BCUT2D eigenvalue weighted by Crippen LogP contribution is 2.42. The Morgan fingerprint density at radius 2 is 1.77 bits per heavy atom. The first-order chi connectivity index (χ1) is 10.8. The second-order valence-corrected chi connectivity index (χ2v) is 5.26. The molecule has 108 valence electrons. The molecule has 2 heterocycles. The average Bonchev–Trinajstić information content (AvgIpc) is 3.10. The second kappa shape index (κ2) is 5.15. The highest BCUT2D eigenvalue weighted by molar-refractivity contribution is 6.04. The molecule has 2 aromatic carbocycles. The molecule has 1 aliphatic rings. The Morgan fingerprint density at radius 3 is 2.55 bits per heavy atom. The number of fused-ring (bicyclic) bond motifs is 1. The van der Waals surface area contributed by atoms with Crippen LogP contribution in [0.2, 0.25) is 0 Å². The monoisotopic (exact) mass is 290 g/mol. The van der Waals surface area contributed by atoms with Crippen molar-refractivity contribution in [1.82, 2.24) is 9.97 Å². The number of aromatic nitrogens is 2. The number of aromatic amines is 1. The van der Waals surface area contributed by atoms with Gasteiger partial charge in [-0.05, 0) is 17.7 Å². The smallest absolute Gasteiger partial charge is 0.181 e. The van der Waals surface area contributed by atoms with E-state index in [0.717, 1.165) is 5.56 Å². The SMILES string of the molecule is O=C1c2ccccc2O[C@@H](c2ccccc2)[C@@H]1c1ncc[nH]1. The van der Waals surface area contributed by atoms with Crippen molar-refractivity contribution in [3.8, 4) is 5.75 Å². The van der Waals surface area contributed by atoms with Crippen LogP contribution in [0.5, 0.6) is 5.75 Å². The third-order valence-corrected chi connectivity index (χ3v) is 3.93. The molecular weight excluding hydrogens is 276 g/mol. The molecule has 0 spiro atoms. The topological polar surface area (TPSA) is 55.0 Å². The Balaban J connectivity index is 1.86. The summed E-state index contributed by atoms with van der Waals surface area (Å²) in [6, 6.07) is 17.2. The van der Waals surface area contributed by atoms with E-state index in [9.17, 15) is 4.79 Å². The van der Waals surface area contributed by atoms with Crippen LogP contribution < -0.4 is 4.74 Å². The number of Topliss-reactive ketones (excluding diaryl/α,β-unsaturated/α-hetero) is 1. The summed E-state index contributed by atoms with van der Waals surface area (Å²) in [7, 11) is 0. The molecule has 4 rings (SSSR count). The van der Waals surface area contributed by atoms with Crippen LogP contribution >= 0.6 is 0 Å². The average molecular weight is 290 g/mol. The summed E-state index contributed by atoms with van der Waals surface area (Å²) < 4.78 is 6.14. The van der Waals surface area contributed by atoms with E-state index in [1.807, 2.05) is 48.5 Å². The van der Waals surface area contributed by atoms with Crippen molar-refractivity contribution in [2.24, 2.45) is 0 Å². The lowest BCUT2D eigenvalue weighted by molar-refractivity contribution is 0.0772. The van der Waals surface area contributed by atoms with Crippen LogP contribution in [0.25, 0.3) is 0 Å². The third-order valence-electron chi connectivity index (χ3n) is 3.93. The zero-order valence-electron chi connectivity index (χ0n) is 11.8. The first-order valence-corrected chi connectivity index (χ1v) is 7.19. The highest BCUT2D eigenvalue weighted by Gasteiger charge is 2.40. The van der Waals surface area contributed by atoms with E-state index in [1.54, 1.807) is 18.5 Å². The van der Waals surface area contributed by atoms with Crippen molar-refractivity contribution < 1.29 is 9.53 Å². The first kappa shape index (κ1) is 12.8. The normalized spacial score (nSPS) is 20.3. The minimum atomic E-state index is -0.465. The van der Waals surface area contributed by atoms with Crippen molar-refractivity contribution in [2.75, 3.05) is 0 Å². The molecule has 3 aromatic rings. The minimum Gasteiger partial charge on any atom is -0.484 e. The van der Waals surface area contributed by atoms with Gasteiger partial charge in [0.05, 0.1) is 5.56 Å². The number of benzene rings is 2. The number of hydrogen-bond donors (Lipinski definition) is 1. The van der Waals surface area contributed by atoms with E-state index in [0.29, 0.717) is 17.1 Å². The van der Waals surface area contributed by atoms with Gasteiger partial charge < -0.3 is 9.72 Å². The van der Waals surface area contributed by atoms with Crippen LogP contribution in [-0.4, -0.2) is 15.8 Å². The summed E-state index contributed by atoms with van der Waals surface area (Å²) in [6.07, 6.45) is 3.01. The summed E-state index contributed by atoms with van der Waals surface area (Å²) in [6.45, 7) is 0. The van der Waals surface area contributed by atoms with E-state index in [2.05, 4.69) is 9.97 Å². The van der Waals surface area contributed by atoms with Crippen LogP contribution in [0, 0.1) is 0 Å². The fraction of sp³-hybridized carbons (Fsp3) is 0.111. The molecule has 0 radical (unpaired) electrons. The first-order valence-electron chi connectivity index (χ1n) is 7.19. The fourth-order valence-corrected chi connectivity index (χ4v) is 2.90. The third kappa shape index (κ3) is 2.00. The summed E-state index contributed by atoms with van der Waals surface area (Å²) >= 11 is 0. The van der Waals surface area contributed by atoms with Gasteiger partial charge in [-0.3, -0.25) is 4.79 Å². The van der Waals surface area contributed by atoms with Crippen LogP contribution in [0.4, 0.5) is 0 Å². The van der Waals surface area contributed by atoms with E-state index >= 15 is 0 Å². The van der Waals surface area contributed by atoms with Crippen LogP contribution in [0.3, 0.4) is 0 Å². The summed E-state index contributed by atoms with van der Waals surface area (Å²) in [5.74, 6) is 0.829. The number of H-pyrrole nitrogens is 1. The molecular formula is C18H14N2O2. The molecule has 4 nitrogen and oxygen atoms in total. The number of carbonyl (C=O) groups is 1. The van der Waals surface area contributed by atoms with Crippen molar-refractivity contribution in [1.29, 1.82) is 0 Å². The van der Waals surface area contributed by atoms with Gasteiger partial charge in [0.25, 0.3) is 0 Å². The van der Waals surface area contributed by atoms with Gasteiger partial charge in [-0.15, -0.1) is 0 Å². The molecule has 1 aromatic heterocycles. The number of ether oxygens (including phenoxy) is 1. The summed E-state index contributed by atoms with van der Waals surface area (Å²) in [5, 5.41) is 0. The van der Waals surface area contributed by atoms with E-state index in [4.69, 9.17) is 4.74 Å². The Hall–Kier alpha value is -2.88. The van der Waals surface area contributed by atoms with Gasteiger partial charge in [-0.2, -0.15) is 0 Å². The van der Waals surface area contributed by atoms with Gasteiger partial charge in [-0.25, -0.2) is 4.98 Å². The Morgan fingerprint density at radius 1 is 1.00 bits per heavy atom. The fourth-order valence-electron chi connectivity index (χ4n) is 2.90. The quantitative estimate of drug-likeness (QED) is 0.785. The van der Waals surface area contributed by atoms with Crippen LogP contribution in [0.1, 0.15) is 33.8 Å². The Labute approximate surface area is 127 Å². The maximum Gasteiger partial charge on any atom is 0.181 e. The molecule has 22 heavy (non-hydrogen) atoms. The maximum atomic E-state index is 13.0. The molecule has 0 aliphatic carbocycles. The lowest BCUT2D eigenvalue weighted by atomic mass is 9.85. The van der Waals surface area contributed by atoms with Gasteiger partial charge in [-0.1, -0.05) is 42.5 Å². The van der Waals surface area contributed by atoms with Crippen molar-refractivity contribution in [2.45, 2.75) is 12.0 Å². The number of imidazole rings is 1. The predicted octanol–water partition coefficient (Wildman–Crippen LogP) is 3.51. The Kier molecular flexibility index (Phi) is 3.00. The molecule has 4 heteroatoms. The molecule has 1 aliphatic heterocycles. The molecule has 0 unspecified atom stereocenters. The van der Waals surface area contributed by atoms with Crippen LogP contribution in [-0.2, 0) is 0 Å². The predicted molar refractivity (Wildman–Crippen MR) is 81.9 cm³/mol. The van der Waals surface area contributed by atoms with Gasteiger partial charge in [0, 0.05) is 12.4 Å². The lowest BCUT2D eigenvalue weighted by Gasteiger charge is -2.31. The standard InChI is InChI=1S/C18H14N2O2/c21-16-13-8-4-5-9-14(13)22-17(12-6-2-1-3-7-12)15(16)18-19-10-11-20-18/h1-11,15,17H,(H,19,20)/t15-,17+/m1/s1. The van der Waals surface area contributed by atoms with Gasteiger partial charge >= 0.3 is 0 Å². The van der Waals surface area contributed by atoms with E-state index in [-0.39, 0.29) is 11.9 Å². The number of hydrogen-bond acceptors (Lipinski definition) is 3. The largest absolute Gasteiger partial charge is 0.484 e. The van der Waals surface area contributed by atoms with E-state index in [1.165, 1.54) is 0 Å². The summed E-state index contributed by atoms with van der Waals surface area (Å²) in [4.78, 5) is 20.3. The summed E-state index contributed by atoms with van der Waals surface area (Å²) in [5.41, 5.74) is 1.57. The number of nitrogens with one attached hydrogen (secondary N) is 1. The number of para-hydroxylation sites is 1. The van der Waals surface area contributed by atoms with Crippen LogP contribution in [0.15, 0.2) is 67.0 Å². The molecule has 0 saturated carbocycles. The Bertz CT molecular complexity index is 797. The molecule has 2 atom stereocenters. The van der Waals surface area contributed by atoms with E-state index < -0.39 is 5.92 Å². The number of carbonyl (C=O) groups excluding carboxylic acids is 1. The molecule has 0 saturated heterocycles. The van der Waals surface area contributed by atoms with Crippen molar-refractivity contribution in [3.63, 3.8) is 0 Å². The zero-order chi connectivity index (χ0) is 14.9. The second-order valence-electron chi connectivity index (χ2n) is 5.26. The number of nitrogens with zero attached hydrogens (tertiary/aromatic N) is 1. The number of rotatable bonds is 2. The van der Waals surface area contributed by atoms with Crippen molar-refractivity contribution in [3.05, 3.63) is 83.9 Å². The molecule has 0 bridgehead atoms. The molecule has 1 N–H and O–H groups in total. The van der Waals surface area contributed by atoms with Gasteiger partial charge in [0.15, 0.2) is 5.78 Å². The van der Waals surface area contributed by atoms with Crippen molar-refractivity contribution >= 4 is 5.78 Å². The zero-order valence-corrected chi connectivity index (χ0v) is 11.8. The molecule has 0 fully saturated rings.